The summed E-state index contributed by atoms with van der Waals surface area (Å²) < 4.78 is 23.1. The van der Waals surface area contributed by atoms with Gasteiger partial charge in [-0.05, 0) is 48.9 Å². The Morgan fingerprint density at radius 2 is 2.05 bits per heavy atom. The number of hydrogen-bond acceptors (Lipinski definition) is 9. The number of aldehydes is 1. The van der Waals surface area contributed by atoms with E-state index in [-0.39, 0.29) is 30.3 Å². The molecule has 4 bridgehead atoms. The SMILES string of the molecule is CC(C)C1=CC2CC3(C=O)C4CCC(C)C4CC2(CO[C@@H]2O[C@H](C=C=O)[C@H]4OSO[C@H]4[C@@H]2O)C13C(=O)O. The van der Waals surface area contributed by atoms with Crippen LogP contribution in [0.5, 0.6) is 0 Å². The molecular formula is C27H34O9S. The van der Waals surface area contributed by atoms with Gasteiger partial charge in [-0.15, -0.1) is 0 Å². The second-order valence-electron chi connectivity index (χ2n) is 12.2. The van der Waals surface area contributed by atoms with Crippen molar-refractivity contribution in [3.05, 3.63) is 17.7 Å². The molecule has 0 aromatic heterocycles. The molecule has 0 amide bonds. The molecule has 0 aromatic rings. The Kier molecular flexibility index (Phi) is 6.08. The lowest BCUT2D eigenvalue weighted by Crippen LogP contribution is -2.64. The van der Waals surface area contributed by atoms with E-state index in [1.165, 1.54) is 6.08 Å². The van der Waals surface area contributed by atoms with E-state index in [0.29, 0.717) is 18.8 Å². The quantitative estimate of drug-likeness (QED) is 0.218. The minimum atomic E-state index is -1.38. The van der Waals surface area contributed by atoms with E-state index in [1.807, 2.05) is 13.8 Å². The lowest BCUT2D eigenvalue weighted by Gasteiger charge is -2.58. The zero-order valence-corrected chi connectivity index (χ0v) is 22.0. The predicted molar refractivity (Wildman–Crippen MR) is 130 cm³/mol. The first-order chi connectivity index (χ1) is 17.7. The third-order valence-corrected chi connectivity index (χ3v) is 11.3. The minimum absolute atomic E-state index is 0.00680. The zero-order valence-electron chi connectivity index (χ0n) is 21.2. The van der Waals surface area contributed by atoms with Crippen molar-refractivity contribution in [2.24, 2.45) is 45.8 Å². The monoisotopic (exact) mass is 534 g/mol. The smallest absolute Gasteiger partial charge is 0.315 e. The van der Waals surface area contributed by atoms with Crippen LogP contribution in [0.15, 0.2) is 17.7 Å². The van der Waals surface area contributed by atoms with Crippen LogP contribution < -0.4 is 0 Å². The first-order valence-electron chi connectivity index (χ1n) is 13.3. The van der Waals surface area contributed by atoms with Crippen molar-refractivity contribution < 1.29 is 42.4 Å². The number of carbonyl (C=O) groups excluding carboxylic acids is 2. The summed E-state index contributed by atoms with van der Waals surface area (Å²) in [7, 11) is 0. The molecule has 3 saturated carbocycles. The van der Waals surface area contributed by atoms with Gasteiger partial charge in [0.2, 0.25) is 0 Å². The molecule has 0 aromatic carbocycles. The third-order valence-electron chi connectivity index (χ3n) is 10.7. The van der Waals surface area contributed by atoms with Gasteiger partial charge in [-0.3, -0.25) is 13.2 Å². The van der Waals surface area contributed by atoms with Crippen LogP contribution in [-0.2, 0) is 32.2 Å². The minimum Gasteiger partial charge on any atom is -0.481 e. The van der Waals surface area contributed by atoms with E-state index in [0.717, 1.165) is 37.0 Å². The Bertz CT molecular complexity index is 1070. The van der Waals surface area contributed by atoms with Crippen LogP contribution in [0, 0.1) is 45.8 Å². The van der Waals surface area contributed by atoms with Crippen molar-refractivity contribution in [1.29, 1.82) is 0 Å². The van der Waals surface area contributed by atoms with E-state index in [2.05, 4.69) is 13.0 Å². The number of carbonyl (C=O) groups is 2. The summed E-state index contributed by atoms with van der Waals surface area (Å²) in [5.41, 5.74) is -2.40. The standard InChI is InChI=1S/C27H34O9S/c1-13(2)18-8-15-9-25(11-29)17-5-4-14(3)16(17)10-26(15,27(18,25)24(31)32)12-33-23-20(30)22-21(35-37-36-22)19(34-23)6-7-28/h6,8,11,13-17,19-23,30H,4-5,9-10,12H2,1-3H3,(H,31,32)/t14?,15?,16?,17?,19-,20+,21-,22+,23-,25?,26?,27?/m1/s1. The summed E-state index contributed by atoms with van der Waals surface area (Å²) in [6.07, 6.45) is 2.55. The average molecular weight is 535 g/mol. The molecule has 10 heteroatoms. The molecule has 6 aliphatic rings. The lowest BCUT2D eigenvalue weighted by atomic mass is 9.43. The number of carboxylic acids is 1. The highest BCUT2D eigenvalue weighted by Gasteiger charge is 2.84. The highest BCUT2D eigenvalue weighted by Crippen LogP contribution is 2.82. The van der Waals surface area contributed by atoms with E-state index < -0.39 is 52.9 Å². The van der Waals surface area contributed by atoms with Crippen LogP contribution in [0.4, 0.5) is 0 Å². The molecule has 4 aliphatic carbocycles. The van der Waals surface area contributed by atoms with Crippen molar-refractivity contribution in [3.8, 4) is 0 Å². The van der Waals surface area contributed by atoms with Crippen molar-refractivity contribution in [2.45, 2.75) is 77.2 Å². The summed E-state index contributed by atoms with van der Waals surface area (Å²) in [4.78, 5) is 37.8. The molecule has 9 nitrogen and oxygen atoms in total. The van der Waals surface area contributed by atoms with E-state index >= 15 is 0 Å². The summed E-state index contributed by atoms with van der Waals surface area (Å²) in [6.45, 7) is 6.20. The molecule has 2 aliphatic heterocycles. The second kappa shape index (κ2) is 8.74. The summed E-state index contributed by atoms with van der Waals surface area (Å²) in [6, 6.07) is 0. The number of ether oxygens (including phenoxy) is 2. The Balaban J connectivity index is 1.40. The average Bonchev–Trinajstić information content (AvgIpc) is 3.60. The maximum absolute atomic E-state index is 13.5. The Hall–Kier alpha value is -1.52. The van der Waals surface area contributed by atoms with Gasteiger partial charge in [0, 0.05) is 11.5 Å². The highest BCUT2D eigenvalue weighted by molar-refractivity contribution is 7.90. The van der Waals surface area contributed by atoms with Gasteiger partial charge in [0.1, 0.15) is 42.1 Å². The molecule has 2 N–H and O–H groups in total. The van der Waals surface area contributed by atoms with Crippen LogP contribution in [0.3, 0.4) is 0 Å². The highest BCUT2D eigenvalue weighted by atomic mass is 32.2. The summed E-state index contributed by atoms with van der Waals surface area (Å²) >= 11 is 0.732. The van der Waals surface area contributed by atoms with Crippen LogP contribution in [-0.4, -0.2) is 65.7 Å². The Morgan fingerprint density at radius 3 is 2.73 bits per heavy atom. The second-order valence-corrected chi connectivity index (χ2v) is 12.8. The molecule has 5 fully saturated rings. The number of carboxylic acid groups (broad SMARTS) is 1. The fraction of sp³-hybridized carbons (Fsp3) is 0.778. The molecule has 37 heavy (non-hydrogen) atoms. The fourth-order valence-corrected chi connectivity index (χ4v) is 10.1. The number of rotatable bonds is 7. The Labute approximate surface area is 220 Å². The van der Waals surface area contributed by atoms with E-state index in [1.54, 1.807) is 5.94 Å². The van der Waals surface area contributed by atoms with Crippen molar-refractivity contribution in [2.75, 3.05) is 6.61 Å². The number of aliphatic hydroxyl groups is 1. The van der Waals surface area contributed by atoms with Gasteiger partial charge in [0.05, 0.1) is 12.0 Å². The van der Waals surface area contributed by atoms with Crippen LogP contribution in [0.2, 0.25) is 0 Å². The molecule has 0 radical (unpaired) electrons. The lowest BCUT2D eigenvalue weighted by molar-refractivity contribution is -0.282. The number of allylic oxidation sites excluding steroid dienone is 1. The van der Waals surface area contributed by atoms with Crippen molar-refractivity contribution in [1.82, 2.24) is 0 Å². The predicted octanol–water partition coefficient (Wildman–Crippen LogP) is 2.75. The van der Waals surface area contributed by atoms with Gasteiger partial charge in [0.15, 0.2) is 18.6 Å². The van der Waals surface area contributed by atoms with Crippen LogP contribution >= 0.6 is 12.3 Å². The maximum atomic E-state index is 13.5. The van der Waals surface area contributed by atoms with Gasteiger partial charge in [-0.1, -0.05) is 38.8 Å². The molecule has 6 rings (SSSR count). The summed E-state index contributed by atoms with van der Waals surface area (Å²) in [5, 5.41) is 22.1. The summed E-state index contributed by atoms with van der Waals surface area (Å²) in [5.74, 6) is 1.21. The molecule has 2 heterocycles. The third kappa shape index (κ3) is 3.03. The van der Waals surface area contributed by atoms with Crippen molar-refractivity contribution in [3.63, 3.8) is 0 Å². The molecule has 2 saturated heterocycles. The number of aliphatic carboxylic acids is 1. The van der Waals surface area contributed by atoms with E-state index in [9.17, 15) is 24.6 Å². The maximum Gasteiger partial charge on any atom is 0.315 e. The van der Waals surface area contributed by atoms with Crippen LogP contribution in [0.1, 0.15) is 46.5 Å². The van der Waals surface area contributed by atoms with Gasteiger partial charge in [-0.25, -0.2) is 4.79 Å². The van der Waals surface area contributed by atoms with Crippen LogP contribution in [0.25, 0.3) is 0 Å². The zero-order chi connectivity index (χ0) is 26.3. The molecule has 12 atom stereocenters. The number of aliphatic hydroxyl groups excluding tert-OH is 1. The Morgan fingerprint density at radius 1 is 1.30 bits per heavy atom. The topological polar surface area (TPSA) is 129 Å². The first-order valence-corrected chi connectivity index (χ1v) is 13.9. The van der Waals surface area contributed by atoms with Gasteiger partial charge < -0.3 is 24.5 Å². The number of hydrogen-bond donors (Lipinski definition) is 2. The number of fused-ring (bicyclic) bond motifs is 3. The molecule has 0 spiro atoms. The first kappa shape index (κ1) is 25.7. The largest absolute Gasteiger partial charge is 0.481 e. The van der Waals surface area contributed by atoms with Crippen molar-refractivity contribution >= 4 is 30.5 Å². The fourth-order valence-electron chi connectivity index (χ4n) is 9.39. The van der Waals surface area contributed by atoms with Gasteiger partial charge >= 0.3 is 5.97 Å². The van der Waals surface area contributed by atoms with E-state index in [4.69, 9.17) is 17.8 Å². The van der Waals surface area contributed by atoms with Gasteiger partial charge in [0.25, 0.3) is 0 Å². The normalized spacial score (nSPS) is 51.4. The molecule has 7 unspecified atom stereocenters. The molecule has 202 valence electrons. The van der Waals surface area contributed by atoms with Gasteiger partial charge in [-0.2, -0.15) is 0 Å². The molecular weight excluding hydrogens is 500 g/mol.